The molecule has 1 amide bonds. The number of carbonyl (C=O) groups is 1. The van der Waals surface area contributed by atoms with Gasteiger partial charge in [0.1, 0.15) is 16.5 Å². The van der Waals surface area contributed by atoms with Crippen LogP contribution in [0.5, 0.6) is 0 Å². The second-order valence-electron chi connectivity index (χ2n) is 9.51. The Morgan fingerprint density at radius 1 is 1.18 bits per heavy atom. The minimum absolute atomic E-state index is 0.0300. The average Bonchev–Trinajstić information content (AvgIpc) is 2.93. The summed E-state index contributed by atoms with van der Waals surface area (Å²) < 4.78 is 16.3. The third kappa shape index (κ3) is 5.30. The van der Waals surface area contributed by atoms with Crippen molar-refractivity contribution in [1.82, 2.24) is 19.2 Å². The third-order valence-corrected chi connectivity index (χ3v) is 6.70. The summed E-state index contributed by atoms with van der Waals surface area (Å²) in [5.41, 5.74) is 7.23. The number of aromatic nitrogens is 2. The molecule has 3 heterocycles. The van der Waals surface area contributed by atoms with Gasteiger partial charge in [-0.05, 0) is 50.6 Å². The lowest BCUT2D eigenvalue weighted by Crippen LogP contribution is -2.46. The highest BCUT2D eigenvalue weighted by atomic mass is 35.5. The van der Waals surface area contributed by atoms with Crippen molar-refractivity contribution in [2.45, 2.75) is 32.2 Å². The molecule has 1 aromatic carbocycles. The maximum atomic E-state index is 14.7. The highest BCUT2D eigenvalue weighted by molar-refractivity contribution is 6.42. The number of nitrogens with one attached hydrogen (secondary N) is 1. The van der Waals surface area contributed by atoms with Gasteiger partial charge in [-0.3, -0.25) is 18.9 Å². The number of rotatable bonds is 5. The van der Waals surface area contributed by atoms with Crippen molar-refractivity contribution < 1.29 is 9.18 Å². The Morgan fingerprint density at radius 3 is 2.68 bits per heavy atom. The Balaban J connectivity index is 1.56. The van der Waals surface area contributed by atoms with Crippen molar-refractivity contribution in [3.05, 3.63) is 73.6 Å². The first-order valence-electron chi connectivity index (χ1n) is 11.2. The number of aromatic amines is 1. The van der Waals surface area contributed by atoms with Gasteiger partial charge in [0.15, 0.2) is 0 Å². The molecule has 0 atom stereocenters. The molecule has 1 fully saturated rings. The van der Waals surface area contributed by atoms with Crippen LogP contribution in [0.4, 0.5) is 4.39 Å². The van der Waals surface area contributed by atoms with Crippen LogP contribution in [0.3, 0.4) is 0 Å². The summed E-state index contributed by atoms with van der Waals surface area (Å²) in [5.74, 6) is -0.895. The van der Waals surface area contributed by atoms with E-state index in [2.05, 4.69) is 9.88 Å². The average molecular weight is 508 g/mol. The van der Waals surface area contributed by atoms with Crippen LogP contribution in [-0.2, 0) is 6.42 Å². The Hall–Kier alpha value is -2.39. The van der Waals surface area contributed by atoms with E-state index in [0.717, 1.165) is 19.5 Å². The van der Waals surface area contributed by atoms with Crippen molar-refractivity contribution in [3.8, 4) is 0 Å². The largest absolute Gasteiger partial charge is 0.337 e. The van der Waals surface area contributed by atoms with Gasteiger partial charge >= 0.3 is 0 Å². The summed E-state index contributed by atoms with van der Waals surface area (Å²) in [5, 5.41) is 0.494. The molecule has 0 unspecified atom stereocenters. The van der Waals surface area contributed by atoms with Gasteiger partial charge in [-0.25, -0.2) is 4.39 Å². The number of fused-ring (bicyclic) bond motifs is 1. The predicted octanol–water partition coefficient (Wildman–Crippen LogP) is 3.55. The van der Waals surface area contributed by atoms with Crippen LogP contribution < -0.4 is 11.3 Å². The quantitative estimate of drug-likeness (QED) is 0.552. The van der Waals surface area contributed by atoms with Crippen LogP contribution in [0.25, 0.3) is 5.52 Å². The van der Waals surface area contributed by atoms with E-state index in [1.165, 1.54) is 12.1 Å². The molecule has 0 aliphatic carbocycles. The van der Waals surface area contributed by atoms with Gasteiger partial charge in [-0.15, -0.1) is 0 Å². The number of halogens is 3. The summed E-state index contributed by atoms with van der Waals surface area (Å²) >= 11 is 12.4. The fourth-order valence-electron chi connectivity index (χ4n) is 4.46. The highest BCUT2D eigenvalue weighted by Gasteiger charge is 2.25. The van der Waals surface area contributed by atoms with Crippen molar-refractivity contribution in [2.24, 2.45) is 5.73 Å². The molecule has 0 radical (unpaired) electrons. The van der Waals surface area contributed by atoms with E-state index < -0.39 is 5.82 Å². The van der Waals surface area contributed by atoms with E-state index in [1.807, 2.05) is 13.8 Å². The van der Waals surface area contributed by atoms with Gasteiger partial charge in [-0.1, -0.05) is 29.3 Å². The van der Waals surface area contributed by atoms with Crippen LogP contribution >= 0.6 is 23.2 Å². The molecular formula is C24H28Cl2FN5O2. The lowest BCUT2D eigenvalue weighted by atomic mass is 10.0. The zero-order chi connectivity index (χ0) is 24.6. The summed E-state index contributed by atoms with van der Waals surface area (Å²) in [7, 11) is 0. The van der Waals surface area contributed by atoms with Crippen molar-refractivity contribution in [2.75, 3.05) is 32.7 Å². The maximum Gasteiger partial charge on any atom is 0.272 e. The first-order valence-corrected chi connectivity index (χ1v) is 11.9. The normalized spacial score (nSPS) is 15.6. The SMILES string of the molecule is CC(C)(N)CN1CCCN(C(=O)c2cc(Cc3c[nH]c(=O)c4cc(Cl)c(Cl)n34)ccc2F)CC1. The molecule has 1 aliphatic rings. The molecule has 4 rings (SSSR count). The molecule has 3 N–H and O–H groups in total. The standard InChI is InChI=1S/C24H28Cl2FN5O2/c1-24(2,28)14-30-6-3-7-31(9-8-30)23(34)17-11-15(4-5-19(17)27)10-16-13-29-22(33)20-12-18(25)21(26)32(16)20/h4-5,11-13H,3,6-10,14,28H2,1-2H3,(H,29,33). The fourth-order valence-corrected chi connectivity index (χ4v) is 4.90. The van der Waals surface area contributed by atoms with E-state index in [1.54, 1.807) is 27.6 Å². The second kappa shape index (κ2) is 9.70. The summed E-state index contributed by atoms with van der Waals surface area (Å²) in [6, 6.07) is 5.99. The molecule has 3 aromatic rings. The Morgan fingerprint density at radius 2 is 1.94 bits per heavy atom. The van der Waals surface area contributed by atoms with Crippen molar-refractivity contribution in [3.63, 3.8) is 0 Å². The number of benzene rings is 1. The van der Waals surface area contributed by atoms with Crippen LogP contribution in [0, 0.1) is 5.82 Å². The monoisotopic (exact) mass is 507 g/mol. The highest BCUT2D eigenvalue weighted by Crippen LogP contribution is 2.27. The lowest BCUT2D eigenvalue weighted by Gasteiger charge is -2.28. The van der Waals surface area contributed by atoms with Crippen LogP contribution in [0.15, 0.2) is 35.3 Å². The molecule has 34 heavy (non-hydrogen) atoms. The van der Waals surface area contributed by atoms with Crippen molar-refractivity contribution in [1.29, 1.82) is 0 Å². The van der Waals surface area contributed by atoms with Crippen LogP contribution in [-0.4, -0.2) is 63.4 Å². The van der Waals surface area contributed by atoms with Gasteiger partial charge in [0, 0.05) is 50.0 Å². The van der Waals surface area contributed by atoms with Gasteiger partial charge in [0.2, 0.25) is 0 Å². The molecule has 0 bridgehead atoms. The number of H-pyrrole nitrogens is 1. The molecule has 0 saturated carbocycles. The number of amides is 1. The second-order valence-corrected chi connectivity index (χ2v) is 10.3. The molecule has 182 valence electrons. The number of carbonyl (C=O) groups excluding carboxylic acids is 1. The number of hydrogen-bond donors (Lipinski definition) is 2. The molecule has 2 aromatic heterocycles. The molecule has 7 nitrogen and oxygen atoms in total. The molecule has 0 spiro atoms. The number of hydrogen-bond acceptors (Lipinski definition) is 4. The van der Waals surface area contributed by atoms with E-state index in [0.29, 0.717) is 42.8 Å². The van der Waals surface area contributed by atoms with E-state index in [4.69, 9.17) is 28.9 Å². The fraction of sp³-hybridized carbons (Fsp3) is 0.417. The van der Waals surface area contributed by atoms with Gasteiger partial charge in [0.05, 0.1) is 10.6 Å². The Kier molecular flexibility index (Phi) is 7.05. The maximum absolute atomic E-state index is 14.7. The smallest absolute Gasteiger partial charge is 0.272 e. The van der Waals surface area contributed by atoms with Gasteiger partial charge in [-0.2, -0.15) is 0 Å². The zero-order valence-corrected chi connectivity index (χ0v) is 20.7. The predicted molar refractivity (Wildman–Crippen MR) is 132 cm³/mol. The topological polar surface area (TPSA) is 86.8 Å². The van der Waals surface area contributed by atoms with Crippen molar-refractivity contribution >= 4 is 34.6 Å². The Bertz CT molecular complexity index is 1280. The summed E-state index contributed by atoms with van der Waals surface area (Å²) in [4.78, 5) is 32.0. The van der Waals surface area contributed by atoms with E-state index in [-0.39, 0.29) is 32.7 Å². The van der Waals surface area contributed by atoms with E-state index >= 15 is 0 Å². The molecule has 10 heteroatoms. The minimum atomic E-state index is -0.563. The first-order chi connectivity index (χ1) is 16.0. The first kappa shape index (κ1) is 24.7. The molecular weight excluding hydrogens is 480 g/mol. The van der Waals surface area contributed by atoms with E-state index in [9.17, 15) is 14.0 Å². The van der Waals surface area contributed by atoms with Crippen LogP contribution in [0.2, 0.25) is 10.2 Å². The van der Waals surface area contributed by atoms with Gasteiger partial charge in [0.25, 0.3) is 11.5 Å². The lowest BCUT2D eigenvalue weighted by molar-refractivity contribution is 0.0756. The zero-order valence-electron chi connectivity index (χ0n) is 19.2. The molecule has 1 aliphatic heterocycles. The van der Waals surface area contributed by atoms with Crippen LogP contribution in [0.1, 0.15) is 41.9 Å². The Labute approximate surface area is 207 Å². The molecule has 1 saturated heterocycles. The number of nitrogens with two attached hydrogens (primary N) is 1. The summed E-state index contributed by atoms with van der Waals surface area (Å²) in [6.45, 7) is 7.29. The van der Waals surface area contributed by atoms with Gasteiger partial charge < -0.3 is 15.6 Å². The minimum Gasteiger partial charge on any atom is -0.337 e. The summed E-state index contributed by atoms with van der Waals surface area (Å²) in [6.07, 6.45) is 2.66. The number of nitrogens with zero attached hydrogens (tertiary/aromatic N) is 3. The third-order valence-electron chi connectivity index (χ3n) is 5.94.